The number of halogens is 2. The molecule has 5 rings (SSSR count). The second-order valence-corrected chi connectivity index (χ2v) is 12.2. The Hall–Kier alpha value is -4.42. The summed E-state index contributed by atoms with van der Waals surface area (Å²) in [4.78, 5) is 39.0. The summed E-state index contributed by atoms with van der Waals surface area (Å²) in [5, 5.41) is 23.0. The molecule has 0 unspecified atom stereocenters. The van der Waals surface area contributed by atoms with Gasteiger partial charge in [0.15, 0.2) is 0 Å². The fourth-order valence-electron chi connectivity index (χ4n) is 4.01. The molecule has 3 heterocycles. The minimum Gasteiger partial charge on any atom is -0.506 e. The Labute approximate surface area is 270 Å². The van der Waals surface area contributed by atoms with Crippen LogP contribution in [0.25, 0.3) is 10.4 Å². The van der Waals surface area contributed by atoms with Crippen molar-refractivity contribution in [2.75, 3.05) is 0 Å². The Morgan fingerprint density at radius 2 is 1.61 bits per heavy atom. The summed E-state index contributed by atoms with van der Waals surface area (Å²) in [6, 6.07) is 18.6. The van der Waals surface area contributed by atoms with E-state index in [4.69, 9.17) is 27.6 Å². The molecule has 0 saturated carbocycles. The maximum absolute atomic E-state index is 12.7. The number of thiophene rings is 2. The number of nitrogens with zero attached hydrogens (tertiary/aromatic N) is 1. The molecule has 3 aromatic heterocycles. The van der Waals surface area contributed by atoms with Crippen LogP contribution in [0.4, 0.5) is 0 Å². The Balaban J connectivity index is 1.13. The zero-order valence-corrected chi connectivity index (χ0v) is 26.2. The van der Waals surface area contributed by atoms with Gasteiger partial charge in [0.1, 0.15) is 11.5 Å². The summed E-state index contributed by atoms with van der Waals surface area (Å²) in [5.74, 6) is -0.396. The predicted molar refractivity (Wildman–Crippen MR) is 173 cm³/mol. The number of carbonyl (C=O) groups is 3. The van der Waals surface area contributed by atoms with Gasteiger partial charge >= 0.3 is 0 Å². The lowest BCUT2D eigenvalue weighted by molar-refractivity contribution is 0.0941. The van der Waals surface area contributed by atoms with Crippen molar-refractivity contribution < 1.29 is 23.9 Å². The number of carbonyl (C=O) groups excluding carboxylic acids is 3. The van der Waals surface area contributed by atoms with Crippen molar-refractivity contribution in [2.45, 2.75) is 20.0 Å². The lowest BCUT2D eigenvalue weighted by Gasteiger charge is -2.06. The molecule has 0 aliphatic heterocycles. The van der Waals surface area contributed by atoms with E-state index in [-0.39, 0.29) is 30.7 Å². The molecule has 0 atom stereocenters. The van der Waals surface area contributed by atoms with Gasteiger partial charge in [-0.1, -0.05) is 41.4 Å². The minimum absolute atomic E-state index is 0.0157. The first-order valence-electron chi connectivity index (χ1n) is 13.1. The number of hydrogen-bond acceptors (Lipinski definition) is 8. The first kappa shape index (κ1) is 31.0. The number of amides is 3. The van der Waals surface area contributed by atoms with E-state index in [0.717, 1.165) is 16.9 Å². The van der Waals surface area contributed by atoms with Crippen LogP contribution in [-0.4, -0.2) is 28.5 Å². The molecule has 224 valence electrons. The van der Waals surface area contributed by atoms with Crippen molar-refractivity contribution in [2.24, 2.45) is 5.10 Å². The zero-order valence-electron chi connectivity index (χ0n) is 23.0. The van der Waals surface area contributed by atoms with Crippen LogP contribution in [0.1, 0.15) is 53.5 Å². The van der Waals surface area contributed by atoms with E-state index in [9.17, 15) is 19.5 Å². The normalized spacial score (nSPS) is 11.3. The number of benzene rings is 2. The quantitative estimate of drug-likeness (QED) is 0.0932. The fraction of sp³-hybridized carbons (Fsp3) is 0.0968. The standard InChI is InChI=1S/C31H24Cl2N4O5S2/c1-17(22-16-43-28(27(22)38)20-8-9-23(32)24(33)13-20)36-37-31(41)26-11-10-25(44-26)30(40)34-14-18-4-6-19(7-5-18)29(39)35-15-21-3-2-12-42-21/h2-13,16,38H,14-15H2,1H3,(H,34,40)(H,35,39)(H,37,41)/b36-17+. The molecule has 4 N–H and O–H groups in total. The van der Waals surface area contributed by atoms with Gasteiger partial charge in [0, 0.05) is 17.5 Å². The van der Waals surface area contributed by atoms with Crippen LogP contribution < -0.4 is 16.1 Å². The second-order valence-electron chi connectivity index (χ2n) is 9.40. The second kappa shape index (κ2) is 13.9. The topological polar surface area (TPSA) is 133 Å². The number of rotatable bonds is 10. The molecule has 2 aromatic carbocycles. The van der Waals surface area contributed by atoms with E-state index < -0.39 is 5.91 Å². The van der Waals surface area contributed by atoms with Crippen LogP contribution in [0.5, 0.6) is 5.75 Å². The van der Waals surface area contributed by atoms with E-state index >= 15 is 0 Å². The summed E-state index contributed by atoms with van der Waals surface area (Å²) < 4.78 is 5.21. The van der Waals surface area contributed by atoms with Crippen LogP contribution in [0.2, 0.25) is 10.0 Å². The summed E-state index contributed by atoms with van der Waals surface area (Å²) in [6.07, 6.45) is 1.54. The summed E-state index contributed by atoms with van der Waals surface area (Å²) >= 11 is 14.4. The summed E-state index contributed by atoms with van der Waals surface area (Å²) in [5.41, 5.74) is 5.33. The maximum atomic E-state index is 12.7. The molecule has 0 radical (unpaired) electrons. The molecule has 0 fully saturated rings. The highest BCUT2D eigenvalue weighted by Crippen LogP contribution is 2.40. The SMILES string of the molecule is C/C(=N\NC(=O)c1ccc(C(=O)NCc2ccc(C(=O)NCc3ccco3)cc2)s1)c1csc(-c2ccc(Cl)c(Cl)c2)c1O. The van der Waals surface area contributed by atoms with Gasteiger partial charge in [-0.15, -0.1) is 22.7 Å². The van der Waals surface area contributed by atoms with Gasteiger partial charge < -0.3 is 20.2 Å². The molecule has 0 bridgehead atoms. The van der Waals surface area contributed by atoms with Crippen molar-refractivity contribution in [3.05, 3.63) is 121 Å². The highest BCUT2D eigenvalue weighted by atomic mass is 35.5. The maximum Gasteiger partial charge on any atom is 0.281 e. The smallest absolute Gasteiger partial charge is 0.281 e. The summed E-state index contributed by atoms with van der Waals surface area (Å²) in [6.45, 7) is 2.19. The summed E-state index contributed by atoms with van der Waals surface area (Å²) in [7, 11) is 0. The molecule has 0 aliphatic rings. The van der Waals surface area contributed by atoms with Gasteiger partial charge in [0.05, 0.1) is 48.8 Å². The average molecular weight is 668 g/mol. The molecule has 0 spiro atoms. The van der Waals surface area contributed by atoms with Crippen molar-refractivity contribution in [3.63, 3.8) is 0 Å². The molecule has 0 saturated heterocycles. The van der Waals surface area contributed by atoms with E-state index in [1.165, 1.54) is 11.3 Å². The van der Waals surface area contributed by atoms with Crippen molar-refractivity contribution >= 4 is 69.3 Å². The van der Waals surface area contributed by atoms with E-state index in [0.29, 0.717) is 52.8 Å². The first-order valence-corrected chi connectivity index (χ1v) is 15.5. The molecule has 9 nitrogen and oxygen atoms in total. The first-order chi connectivity index (χ1) is 21.2. The third-order valence-electron chi connectivity index (χ3n) is 6.39. The molecule has 5 aromatic rings. The largest absolute Gasteiger partial charge is 0.506 e. The zero-order chi connectivity index (χ0) is 31.2. The third-order valence-corrected chi connectivity index (χ3v) is 9.23. The molecular weight excluding hydrogens is 643 g/mol. The van der Waals surface area contributed by atoms with Crippen LogP contribution >= 0.6 is 45.9 Å². The number of nitrogens with one attached hydrogen (secondary N) is 3. The van der Waals surface area contributed by atoms with E-state index in [2.05, 4.69) is 21.2 Å². The lowest BCUT2D eigenvalue weighted by Crippen LogP contribution is -2.23. The number of hydrogen-bond donors (Lipinski definition) is 4. The molecular formula is C31H24Cl2N4O5S2. The van der Waals surface area contributed by atoms with Gasteiger partial charge in [0.25, 0.3) is 17.7 Å². The Morgan fingerprint density at radius 3 is 2.32 bits per heavy atom. The number of hydrazone groups is 1. The van der Waals surface area contributed by atoms with Gasteiger partial charge in [-0.2, -0.15) is 5.10 Å². The Kier molecular flexibility index (Phi) is 9.81. The van der Waals surface area contributed by atoms with Crippen LogP contribution in [-0.2, 0) is 13.1 Å². The van der Waals surface area contributed by atoms with E-state index in [1.54, 1.807) is 85.3 Å². The van der Waals surface area contributed by atoms with Gasteiger partial charge in [-0.25, -0.2) is 5.43 Å². The lowest BCUT2D eigenvalue weighted by atomic mass is 10.1. The predicted octanol–water partition coefficient (Wildman–Crippen LogP) is 7.10. The third kappa shape index (κ3) is 7.37. The molecule has 3 amide bonds. The number of furan rings is 1. The van der Waals surface area contributed by atoms with Crippen LogP contribution in [0.15, 0.2) is 87.9 Å². The highest BCUT2D eigenvalue weighted by Gasteiger charge is 2.17. The Morgan fingerprint density at radius 1 is 0.886 bits per heavy atom. The van der Waals surface area contributed by atoms with Crippen molar-refractivity contribution in [3.8, 4) is 16.2 Å². The van der Waals surface area contributed by atoms with Gasteiger partial charge in [0.2, 0.25) is 0 Å². The molecule has 44 heavy (non-hydrogen) atoms. The molecule has 13 heteroatoms. The molecule has 0 aliphatic carbocycles. The van der Waals surface area contributed by atoms with Crippen molar-refractivity contribution in [1.29, 1.82) is 0 Å². The van der Waals surface area contributed by atoms with Crippen molar-refractivity contribution in [1.82, 2.24) is 16.1 Å². The Bertz CT molecular complexity index is 1850. The number of aromatic hydroxyl groups is 1. The van der Waals surface area contributed by atoms with Crippen LogP contribution in [0, 0.1) is 0 Å². The highest BCUT2D eigenvalue weighted by molar-refractivity contribution is 7.16. The van der Waals surface area contributed by atoms with Gasteiger partial charge in [-0.3, -0.25) is 14.4 Å². The fourth-order valence-corrected chi connectivity index (χ4v) is 6.12. The van der Waals surface area contributed by atoms with Crippen LogP contribution in [0.3, 0.4) is 0 Å². The van der Waals surface area contributed by atoms with Gasteiger partial charge in [-0.05, 0) is 66.6 Å². The monoisotopic (exact) mass is 666 g/mol. The van der Waals surface area contributed by atoms with E-state index in [1.807, 2.05) is 0 Å². The average Bonchev–Trinajstić information content (AvgIpc) is 3.81. The minimum atomic E-state index is -0.492.